The summed E-state index contributed by atoms with van der Waals surface area (Å²) in [5.74, 6) is 0.281. The molecule has 0 saturated carbocycles. The number of nitrogens with zero attached hydrogens (tertiary/aromatic N) is 2. The molecule has 0 spiro atoms. The summed E-state index contributed by atoms with van der Waals surface area (Å²) in [7, 11) is 0. The number of carbonyl (C=O) groups excluding carboxylic acids is 1. The lowest BCUT2D eigenvalue weighted by molar-refractivity contribution is 0.0526. The van der Waals surface area contributed by atoms with Crippen LogP contribution in [0.5, 0.6) is 0 Å². The third kappa shape index (κ3) is 4.19. The molecular weight excluding hydrogens is 274 g/mol. The van der Waals surface area contributed by atoms with E-state index in [0.717, 1.165) is 5.57 Å². The fourth-order valence-electron chi connectivity index (χ4n) is 1.02. The highest BCUT2D eigenvalue weighted by Gasteiger charge is 2.13. The minimum Gasteiger partial charge on any atom is -0.462 e. The summed E-state index contributed by atoms with van der Waals surface area (Å²) in [5.41, 5.74) is 8.37. The van der Waals surface area contributed by atoms with Gasteiger partial charge in [-0.3, -0.25) is 0 Å². The van der Waals surface area contributed by atoms with E-state index in [0.29, 0.717) is 10.9 Å². The van der Waals surface area contributed by atoms with Crippen LogP contribution in [0.25, 0.3) is 0 Å². The van der Waals surface area contributed by atoms with E-state index in [1.54, 1.807) is 6.92 Å². The Morgan fingerprint density at radius 1 is 1.67 bits per heavy atom. The third-order valence-corrected chi connectivity index (χ3v) is 3.33. The van der Waals surface area contributed by atoms with Gasteiger partial charge in [-0.15, -0.1) is 0 Å². The topological polar surface area (TPSA) is 78.1 Å². The molecule has 7 heteroatoms. The van der Waals surface area contributed by atoms with Crippen LogP contribution in [0.1, 0.15) is 24.2 Å². The van der Waals surface area contributed by atoms with Gasteiger partial charge in [0, 0.05) is 17.5 Å². The second kappa shape index (κ2) is 7.23. The van der Waals surface area contributed by atoms with Gasteiger partial charge in [0.2, 0.25) is 0 Å². The van der Waals surface area contributed by atoms with Crippen LogP contribution in [0.3, 0.4) is 0 Å². The molecule has 2 N–H and O–H groups in total. The largest absolute Gasteiger partial charge is 0.462 e. The number of halogens is 1. The fourth-order valence-corrected chi connectivity index (χ4v) is 1.92. The van der Waals surface area contributed by atoms with Crippen LogP contribution in [-0.2, 0) is 4.74 Å². The van der Waals surface area contributed by atoms with E-state index < -0.39 is 5.97 Å². The lowest BCUT2D eigenvalue weighted by atomic mass is 10.3. The standard InChI is InChI=1S/C11H14ClN3O2S/c1-3-17-10(16)8-5-14-11(15-9(8)13)18-6-7(2)4-12/h4-5H,3,6H2,1-2H3,(H2,13,14,15). The molecule has 5 nitrogen and oxygen atoms in total. The highest BCUT2D eigenvalue weighted by Crippen LogP contribution is 2.19. The third-order valence-electron chi connectivity index (χ3n) is 1.91. The van der Waals surface area contributed by atoms with Gasteiger partial charge in [0.05, 0.1) is 6.61 Å². The molecule has 0 aromatic carbocycles. The molecular formula is C11H14ClN3O2S. The molecule has 0 saturated heterocycles. The van der Waals surface area contributed by atoms with Crippen LogP contribution >= 0.6 is 23.4 Å². The molecule has 0 fully saturated rings. The number of hydrogen-bond acceptors (Lipinski definition) is 6. The summed E-state index contributed by atoms with van der Waals surface area (Å²) < 4.78 is 4.83. The molecule has 1 aromatic rings. The van der Waals surface area contributed by atoms with E-state index in [1.165, 1.54) is 23.5 Å². The van der Waals surface area contributed by atoms with Gasteiger partial charge < -0.3 is 10.5 Å². The lowest BCUT2D eigenvalue weighted by Gasteiger charge is -2.05. The number of rotatable bonds is 5. The summed E-state index contributed by atoms with van der Waals surface area (Å²) in [4.78, 5) is 19.6. The van der Waals surface area contributed by atoms with Crippen molar-refractivity contribution in [2.45, 2.75) is 19.0 Å². The molecule has 0 atom stereocenters. The van der Waals surface area contributed by atoms with Crippen LogP contribution in [-0.4, -0.2) is 28.3 Å². The zero-order chi connectivity index (χ0) is 13.5. The Kier molecular flexibility index (Phi) is 5.94. The van der Waals surface area contributed by atoms with Crippen molar-refractivity contribution in [3.8, 4) is 0 Å². The van der Waals surface area contributed by atoms with Gasteiger partial charge in [0.25, 0.3) is 0 Å². The first-order valence-corrected chi connectivity index (χ1v) is 6.69. The number of anilines is 1. The van der Waals surface area contributed by atoms with Crippen LogP contribution in [0, 0.1) is 0 Å². The van der Waals surface area contributed by atoms with Crippen LogP contribution < -0.4 is 5.73 Å². The number of hydrogen-bond donors (Lipinski definition) is 1. The maximum atomic E-state index is 11.5. The Morgan fingerprint density at radius 2 is 2.39 bits per heavy atom. The first-order chi connectivity index (χ1) is 8.58. The van der Waals surface area contributed by atoms with Crippen molar-refractivity contribution < 1.29 is 9.53 Å². The smallest absolute Gasteiger partial charge is 0.343 e. The molecule has 0 aliphatic rings. The first kappa shape index (κ1) is 14.8. The summed E-state index contributed by atoms with van der Waals surface area (Å²) in [6, 6.07) is 0. The summed E-state index contributed by atoms with van der Waals surface area (Å²) in [5, 5.41) is 0.499. The highest BCUT2D eigenvalue weighted by atomic mass is 35.5. The molecule has 0 aliphatic carbocycles. The van der Waals surface area contributed by atoms with E-state index in [1.807, 2.05) is 6.92 Å². The quantitative estimate of drug-likeness (QED) is 0.509. The Morgan fingerprint density at radius 3 is 2.94 bits per heavy atom. The van der Waals surface area contributed by atoms with Crippen molar-refractivity contribution in [2.24, 2.45) is 0 Å². The zero-order valence-electron chi connectivity index (χ0n) is 10.1. The van der Waals surface area contributed by atoms with Crippen LogP contribution in [0.2, 0.25) is 0 Å². The number of esters is 1. The van der Waals surface area contributed by atoms with Gasteiger partial charge in [-0.1, -0.05) is 28.9 Å². The number of nitrogen functional groups attached to an aromatic ring is 1. The predicted molar refractivity (Wildman–Crippen MR) is 72.7 cm³/mol. The normalized spacial score (nSPS) is 11.4. The Labute approximate surface area is 115 Å². The number of ether oxygens (including phenoxy) is 1. The average Bonchev–Trinajstić information content (AvgIpc) is 2.36. The molecule has 0 bridgehead atoms. The van der Waals surface area contributed by atoms with Crippen molar-refractivity contribution in [3.05, 3.63) is 22.9 Å². The minimum absolute atomic E-state index is 0.124. The second-order valence-corrected chi connectivity index (χ2v) is 4.58. The van der Waals surface area contributed by atoms with Gasteiger partial charge in [-0.2, -0.15) is 0 Å². The summed E-state index contributed by atoms with van der Waals surface area (Å²) in [6.07, 6.45) is 1.38. The van der Waals surface area contributed by atoms with Gasteiger partial charge in [-0.25, -0.2) is 14.8 Å². The molecule has 0 unspecified atom stereocenters. The number of aromatic nitrogens is 2. The highest BCUT2D eigenvalue weighted by molar-refractivity contribution is 7.99. The molecule has 0 radical (unpaired) electrons. The molecule has 0 aliphatic heterocycles. The molecule has 1 heterocycles. The van der Waals surface area contributed by atoms with Crippen molar-refractivity contribution in [3.63, 3.8) is 0 Å². The molecule has 1 aromatic heterocycles. The number of thioether (sulfide) groups is 1. The Balaban J connectivity index is 2.76. The minimum atomic E-state index is -0.511. The Bertz CT molecular complexity index is 466. The van der Waals surface area contributed by atoms with Gasteiger partial charge in [0.15, 0.2) is 5.16 Å². The summed E-state index contributed by atoms with van der Waals surface area (Å²) in [6.45, 7) is 3.91. The maximum Gasteiger partial charge on any atom is 0.343 e. The van der Waals surface area contributed by atoms with Crippen LogP contribution in [0.15, 0.2) is 22.5 Å². The van der Waals surface area contributed by atoms with E-state index >= 15 is 0 Å². The maximum absolute atomic E-state index is 11.5. The lowest BCUT2D eigenvalue weighted by Crippen LogP contribution is -2.10. The molecule has 98 valence electrons. The number of nitrogens with two attached hydrogens (primary N) is 1. The van der Waals surface area contributed by atoms with Gasteiger partial charge in [0.1, 0.15) is 11.4 Å². The van der Waals surface area contributed by atoms with E-state index in [2.05, 4.69) is 9.97 Å². The summed E-state index contributed by atoms with van der Waals surface area (Å²) >= 11 is 6.94. The molecule has 0 amide bonds. The zero-order valence-corrected chi connectivity index (χ0v) is 11.7. The molecule has 1 rings (SSSR count). The predicted octanol–water partition coefficient (Wildman–Crippen LogP) is 2.47. The monoisotopic (exact) mass is 287 g/mol. The van der Waals surface area contributed by atoms with Crippen molar-refractivity contribution in [1.29, 1.82) is 0 Å². The van der Waals surface area contributed by atoms with Crippen LogP contribution in [0.4, 0.5) is 5.82 Å². The van der Waals surface area contributed by atoms with E-state index in [9.17, 15) is 4.79 Å². The first-order valence-electron chi connectivity index (χ1n) is 5.26. The Hall–Kier alpha value is -1.27. The van der Waals surface area contributed by atoms with Gasteiger partial charge in [-0.05, 0) is 13.8 Å². The SMILES string of the molecule is CCOC(=O)c1cnc(SCC(C)=CCl)nc1N. The van der Waals surface area contributed by atoms with Gasteiger partial charge >= 0.3 is 5.97 Å². The van der Waals surface area contributed by atoms with Crippen molar-refractivity contribution >= 4 is 35.1 Å². The molecule has 18 heavy (non-hydrogen) atoms. The van der Waals surface area contributed by atoms with E-state index in [-0.39, 0.29) is 18.0 Å². The van der Waals surface area contributed by atoms with Crippen molar-refractivity contribution in [1.82, 2.24) is 9.97 Å². The van der Waals surface area contributed by atoms with E-state index in [4.69, 9.17) is 22.1 Å². The fraction of sp³-hybridized carbons (Fsp3) is 0.364. The average molecular weight is 288 g/mol. The second-order valence-electron chi connectivity index (χ2n) is 3.42. The van der Waals surface area contributed by atoms with Crippen molar-refractivity contribution in [2.75, 3.05) is 18.1 Å². The number of carbonyl (C=O) groups is 1.